The van der Waals surface area contributed by atoms with E-state index in [0.717, 1.165) is 27.7 Å². The molecule has 2 heterocycles. The third-order valence-electron chi connectivity index (χ3n) is 4.19. The van der Waals surface area contributed by atoms with Crippen molar-refractivity contribution in [2.24, 2.45) is 0 Å². The number of carbonyl (C=O) groups excluding carboxylic acids is 1. The van der Waals surface area contributed by atoms with Gasteiger partial charge in [0, 0.05) is 29.8 Å². The van der Waals surface area contributed by atoms with Crippen molar-refractivity contribution in [1.29, 1.82) is 0 Å². The highest BCUT2D eigenvalue weighted by Crippen LogP contribution is 2.26. The predicted octanol–water partition coefficient (Wildman–Crippen LogP) is 3.31. The van der Waals surface area contributed by atoms with Crippen molar-refractivity contribution in [2.45, 2.75) is 26.8 Å². The minimum Gasteiger partial charge on any atom is -0.481 e. The van der Waals surface area contributed by atoms with E-state index < -0.39 is 0 Å². The lowest BCUT2D eigenvalue weighted by atomic mass is 10.0. The fraction of sp³-hybridized carbons (Fsp3) is 0.263. The zero-order valence-electron chi connectivity index (χ0n) is 14.1. The first-order valence-electron chi connectivity index (χ1n) is 7.80. The van der Waals surface area contributed by atoms with Crippen molar-refractivity contribution in [1.82, 2.24) is 10.3 Å². The average molecular weight is 324 g/mol. The smallest absolute Gasteiger partial charge is 0.224 e. The Bertz CT molecular complexity index is 866. The first-order valence-corrected chi connectivity index (χ1v) is 7.80. The molecule has 2 aromatic heterocycles. The lowest BCUT2D eigenvalue weighted by molar-refractivity contribution is -0.120. The van der Waals surface area contributed by atoms with Gasteiger partial charge in [0.25, 0.3) is 0 Å². The van der Waals surface area contributed by atoms with E-state index in [1.165, 1.54) is 5.56 Å². The van der Waals surface area contributed by atoms with E-state index >= 15 is 0 Å². The van der Waals surface area contributed by atoms with Gasteiger partial charge in [-0.05, 0) is 30.5 Å². The molecule has 1 amide bonds. The van der Waals surface area contributed by atoms with E-state index in [-0.39, 0.29) is 5.91 Å². The Morgan fingerprint density at radius 3 is 2.79 bits per heavy atom. The Morgan fingerprint density at radius 1 is 1.25 bits per heavy atom. The molecule has 0 bridgehead atoms. The lowest BCUT2D eigenvalue weighted by Gasteiger charge is -2.06. The maximum atomic E-state index is 12.2. The van der Waals surface area contributed by atoms with Crippen LogP contribution in [0.4, 0.5) is 0 Å². The highest BCUT2D eigenvalue weighted by Gasteiger charge is 2.12. The second-order valence-electron chi connectivity index (χ2n) is 5.81. The largest absolute Gasteiger partial charge is 0.481 e. The van der Waals surface area contributed by atoms with Crippen molar-refractivity contribution in [3.8, 4) is 5.88 Å². The van der Waals surface area contributed by atoms with Crippen molar-refractivity contribution < 1.29 is 13.9 Å². The molecule has 3 rings (SSSR count). The van der Waals surface area contributed by atoms with Gasteiger partial charge >= 0.3 is 0 Å². The number of hydrogen-bond donors (Lipinski definition) is 1. The average Bonchev–Trinajstić information content (AvgIpc) is 3.00. The summed E-state index contributed by atoms with van der Waals surface area (Å²) in [5.41, 5.74) is 4.98. The third-order valence-corrected chi connectivity index (χ3v) is 4.19. The standard InChI is InChI=1S/C19H20N2O3/c1-12-4-6-16-15(11-24-19(16)13(12)2)8-17(22)20-9-14-5-7-18(23-3)21-10-14/h4-7,10-11H,8-9H2,1-3H3,(H,20,22). The molecule has 24 heavy (non-hydrogen) atoms. The summed E-state index contributed by atoms with van der Waals surface area (Å²) in [6, 6.07) is 7.72. The number of fused-ring (bicyclic) bond motifs is 1. The number of furan rings is 1. The molecule has 0 radical (unpaired) electrons. The molecule has 5 heteroatoms. The first-order chi connectivity index (χ1) is 11.6. The topological polar surface area (TPSA) is 64.4 Å². The molecule has 0 atom stereocenters. The quantitative estimate of drug-likeness (QED) is 0.782. The number of pyridine rings is 1. The van der Waals surface area contributed by atoms with Gasteiger partial charge < -0.3 is 14.5 Å². The number of nitrogens with one attached hydrogen (secondary N) is 1. The molecule has 0 saturated carbocycles. The molecule has 124 valence electrons. The number of hydrogen-bond acceptors (Lipinski definition) is 4. The summed E-state index contributed by atoms with van der Waals surface area (Å²) in [6.45, 7) is 4.51. The summed E-state index contributed by atoms with van der Waals surface area (Å²) >= 11 is 0. The third kappa shape index (κ3) is 3.25. The number of nitrogens with zero attached hydrogens (tertiary/aromatic N) is 1. The van der Waals surface area contributed by atoms with E-state index in [9.17, 15) is 4.79 Å². The monoisotopic (exact) mass is 324 g/mol. The molecule has 0 spiro atoms. The number of amides is 1. The number of ether oxygens (including phenoxy) is 1. The van der Waals surface area contributed by atoms with E-state index in [4.69, 9.17) is 9.15 Å². The predicted molar refractivity (Wildman–Crippen MR) is 92.0 cm³/mol. The maximum Gasteiger partial charge on any atom is 0.224 e. The van der Waals surface area contributed by atoms with Gasteiger partial charge in [0.1, 0.15) is 5.58 Å². The summed E-state index contributed by atoms with van der Waals surface area (Å²) in [5, 5.41) is 3.90. The molecular formula is C19H20N2O3. The summed E-state index contributed by atoms with van der Waals surface area (Å²) in [4.78, 5) is 16.3. The summed E-state index contributed by atoms with van der Waals surface area (Å²) in [6.07, 6.45) is 3.66. The van der Waals surface area contributed by atoms with Crippen LogP contribution in [0.15, 0.2) is 41.1 Å². The highest BCUT2D eigenvalue weighted by molar-refractivity contribution is 5.89. The van der Waals surface area contributed by atoms with Gasteiger partial charge in [-0.25, -0.2) is 4.98 Å². The van der Waals surface area contributed by atoms with Crippen LogP contribution in [0.3, 0.4) is 0 Å². The zero-order valence-corrected chi connectivity index (χ0v) is 14.1. The van der Waals surface area contributed by atoms with Crippen LogP contribution in [0.5, 0.6) is 5.88 Å². The highest BCUT2D eigenvalue weighted by atomic mass is 16.5. The van der Waals surface area contributed by atoms with Gasteiger partial charge in [-0.3, -0.25) is 4.79 Å². The number of carbonyl (C=O) groups is 1. The molecule has 1 aromatic carbocycles. The molecule has 0 unspecified atom stereocenters. The summed E-state index contributed by atoms with van der Waals surface area (Å²) in [5.74, 6) is 0.507. The van der Waals surface area contributed by atoms with Crippen LogP contribution in [0.1, 0.15) is 22.3 Å². The summed E-state index contributed by atoms with van der Waals surface area (Å²) in [7, 11) is 1.57. The molecule has 3 aromatic rings. The Hall–Kier alpha value is -2.82. The van der Waals surface area contributed by atoms with Crippen LogP contribution >= 0.6 is 0 Å². The van der Waals surface area contributed by atoms with Gasteiger partial charge in [0.15, 0.2) is 0 Å². The normalized spacial score (nSPS) is 10.8. The van der Waals surface area contributed by atoms with Gasteiger partial charge in [0.2, 0.25) is 11.8 Å². The van der Waals surface area contributed by atoms with E-state index in [0.29, 0.717) is 18.8 Å². The van der Waals surface area contributed by atoms with Crippen molar-refractivity contribution in [3.63, 3.8) is 0 Å². The SMILES string of the molecule is COc1ccc(CNC(=O)Cc2coc3c(C)c(C)ccc23)cn1. The lowest BCUT2D eigenvalue weighted by Crippen LogP contribution is -2.24. The second kappa shape index (κ2) is 6.74. The molecule has 0 saturated heterocycles. The number of rotatable bonds is 5. The van der Waals surface area contributed by atoms with Crippen molar-refractivity contribution >= 4 is 16.9 Å². The van der Waals surface area contributed by atoms with Crippen LogP contribution < -0.4 is 10.1 Å². The van der Waals surface area contributed by atoms with Crippen LogP contribution in [0.25, 0.3) is 11.0 Å². The maximum absolute atomic E-state index is 12.2. The first kappa shape index (κ1) is 16.1. The molecule has 5 nitrogen and oxygen atoms in total. The zero-order chi connectivity index (χ0) is 17.1. The van der Waals surface area contributed by atoms with Gasteiger partial charge in [0.05, 0.1) is 19.8 Å². The Balaban J connectivity index is 1.65. The molecule has 0 aliphatic heterocycles. The Morgan fingerprint density at radius 2 is 2.08 bits per heavy atom. The van der Waals surface area contributed by atoms with Crippen LogP contribution in [0, 0.1) is 13.8 Å². The number of benzene rings is 1. The fourth-order valence-electron chi connectivity index (χ4n) is 2.60. The number of aryl methyl sites for hydroxylation is 2. The van der Waals surface area contributed by atoms with E-state index in [1.54, 1.807) is 25.6 Å². The molecule has 0 aliphatic carbocycles. The van der Waals surface area contributed by atoms with Crippen LogP contribution in [-0.2, 0) is 17.8 Å². The van der Waals surface area contributed by atoms with Gasteiger partial charge in [-0.2, -0.15) is 0 Å². The van der Waals surface area contributed by atoms with Crippen LogP contribution in [-0.4, -0.2) is 18.0 Å². The minimum absolute atomic E-state index is 0.0493. The van der Waals surface area contributed by atoms with Gasteiger partial charge in [-0.1, -0.05) is 18.2 Å². The fourth-order valence-corrected chi connectivity index (χ4v) is 2.60. The Labute approximate surface area is 140 Å². The van der Waals surface area contributed by atoms with Crippen molar-refractivity contribution in [3.05, 3.63) is 59.0 Å². The van der Waals surface area contributed by atoms with Gasteiger partial charge in [-0.15, -0.1) is 0 Å². The molecular weight excluding hydrogens is 304 g/mol. The van der Waals surface area contributed by atoms with E-state index in [1.807, 2.05) is 26.0 Å². The molecule has 1 N–H and O–H groups in total. The summed E-state index contributed by atoms with van der Waals surface area (Å²) < 4.78 is 10.7. The molecule has 0 aliphatic rings. The molecule has 0 fully saturated rings. The van der Waals surface area contributed by atoms with Crippen LogP contribution in [0.2, 0.25) is 0 Å². The number of methoxy groups -OCH3 is 1. The van der Waals surface area contributed by atoms with Crippen molar-refractivity contribution in [2.75, 3.05) is 7.11 Å². The number of aromatic nitrogens is 1. The second-order valence-corrected chi connectivity index (χ2v) is 5.81. The Kier molecular flexibility index (Phi) is 4.51. The minimum atomic E-state index is -0.0493. The van der Waals surface area contributed by atoms with E-state index in [2.05, 4.69) is 16.4 Å².